The van der Waals surface area contributed by atoms with Gasteiger partial charge in [-0.05, 0) is 40.7 Å². The average molecular weight is 559 g/mol. The SMILES string of the molecule is C[C@H]1C(=O)[C@H]2[C@@]3(c4ccccc4)[C@@H]1[C@@]1(c4ccccc4)c4ccccc4[C@]2(C)C(=O)[C@]13c1ccccc1.c1ccccc1. The van der Waals surface area contributed by atoms with Crippen LogP contribution < -0.4 is 0 Å². The van der Waals surface area contributed by atoms with E-state index in [-0.39, 0.29) is 23.4 Å². The summed E-state index contributed by atoms with van der Waals surface area (Å²) >= 11 is 0. The molecule has 5 aromatic carbocycles. The van der Waals surface area contributed by atoms with Crippen molar-refractivity contribution in [2.75, 3.05) is 0 Å². The van der Waals surface area contributed by atoms with Crippen LogP contribution in [0.4, 0.5) is 0 Å². The summed E-state index contributed by atoms with van der Waals surface area (Å²) in [5.41, 5.74) is 2.54. The summed E-state index contributed by atoms with van der Waals surface area (Å²) in [6.07, 6.45) is 0. The molecule has 43 heavy (non-hydrogen) atoms. The Bertz CT molecular complexity index is 1820. The zero-order chi connectivity index (χ0) is 29.5. The van der Waals surface area contributed by atoms with Crippen LogP contribution >= 0.6 is 0 Å². The van der Waals surface area contributed by atoms with E-state index in [1.165, 1.54) is 5.56 Å². The Morgan fingerprint density at radius 1 is 0.512 bits per heavy atom. The minimum absolute atomic E-state index is 0.0306. The van der Waals surface area contributed by atoms with E-state index in [1.54, 1.807) is 0 Å². The predicted molar refractivity (Wildman–Crippen MR) is 170 cm³/mol. The molecule has 5 aliphatic carbocycles. The summed E-state index contributed by atoms with van der Waals surface area (Å²) in [6.45, 7) is 4.20. The third kappa shape index (κ3) is 2.68. The van der Waals surface area contributed by atoms with E-state index in [4.69, 9.17) is 0 Å². The number of rotatable bonds is 3. The van der Waals surface area contributed by atoms with Gasteiger partial charge in [0.05, 0.1) is 10.8 Å². The number of carbonyl (C=O) groups excluding carboxylic acids is 2. The van der Waals surface area contributed by atoms with Gasteiger partial charge in [0.1, 0.15) is 5.78 Å². The lowest BCUT2D eigenvalue weighted by Crippen LogP contribution is -2.81. The van der Waals surface area contributed by atoms with Crippen LogP contribution in [0, 0.1) is 17.8 Å². The molecule has 0 aliphatic heterocycles. The van der Waals surface area contributed by atoms with Crippen LogP contribution in [0.15, 0.2) is 152 Å². The summed E-state index contributed by atoms with van der Waals surface area (Å²) in [4.78, 5) is 30.0. The normalized spacial score (nSPS) is 34.0. The largest absolute Gasteiger partial charge is 0.299 e. The van der Waals surface area contributed by atoms with Crippen molar-refractivity contribution in [2.24, 2.45) is 17.8 Å². The average Bonchev–Trinajstić information content (AvgIpc) is 3.30. The Labute approximate surface area is 253 Å². The van der Waals surface area contributed by atoms with E-state index in [2.05, 4.69) is 105 Å². The summed E-state index contributed by atoms with van der Waals surface area (Å²) in [7, 11) is 0. The van der Waals surface area contributed by atoms with Crippen LogP contribution in [0.1, 0.15) is 41.7 Å². The first-order valence-corrected chi connectivity index (χ1v) is 15.4. The topological polar surface area (TPSA) is 34.1 Å². The molecule has 7 atom stereocenters. The number of carbonyl (C=O) groups is 2. The van der Waals surface area contributed by atoms with Crippen LogP contribution in [0.5, 0.6) is 0 Å². The van der Waals surface area contributed by atoms with Gasteiger partial charge in [-0.3, -0.25) is 9.59 Å². The fraction of sp³-hybridized carbons (Fsp3) is 0.220. The molecular formula is C41H34O2. The first-order chi connectivity index (χ1) is 21.0. The Balaban J connectivity index is 0.000000416. The molecule has 10 rings (SSSR count). The fourth-order valence-corrected chi connectivity index (χ4v) is 10.6. The fourth-order valence-electron chi connectivity index (χ4n) is 10.6. The number of hydrogen-bond donors (Lipinski definition) is 0. The lowest BCUT2D eigenvalue weighted by Gasteiger charge is -2.74. The molecule has 0 N–H and O–H groups in total. The lowest BCUT2D eigenvalue weighted by molar-refractivity contribution is -0.149. The molecule has 0 aromatic heterocycles. The van der Waals surface area contributed by atoms with Crippen molar-refractivity contribution in [3.8, 4) is 0 Å². The van der Waals surface area contributed by atoms with Gasteiger partial charge >= 0.3 is 0 Å². The van der Waals surface area contributed by atoms with Crippen LogP contribution in [0.25, 0.3) is 0 Å². The molecule has 0 radical (unpaired) electrons. The van der Waals surface area contributed by atoms with Crippen LogP contribution in [0.3, 0.4) is 0 Å². The molecule has 6 bridgehead atoms. The minimum atomic E-state index is -0.892. The zero-order valence-electron chi connectivity index (χ0n) is 24.5. The lowest BCUT2D eigenvalue weighted by atomic mass is 9.25. The number of ketones is 2. The Morgan fingerprint density at radius 3 is 1.47 bits per heavy atom. The number of benzene rings is 5. The van der Waals surface area contributed by atoms with E-state index in [9.17, 15) is 4.79 Å². The molecule has 3 fully saturated rings. The molecule has 3 saturated carbocycles. The Hall–Kier alpha value is -4.56. The molecule has 0 unspecified atom stereocenters. The van der Waals surface area contributed by atoms with E-state index < -0.39 is 27.6 Å². The van der Waals surface area contributed by atoms with Crippen molar-refractivity contribution in [3.63, 3.8) is 0 Å². The molecule has 5 aromatic rings. The van der Waals surface area contributed by atoms with Crippen LogP contribution in [0.2, 0.25) is 0 Å². The monoisotopic (exact) mass is 558 g/mol. The van der Waals surface area contributed by atoms with Gasteiger partial charge in [0.15, 0.2) is 5.78 Å². The molecule has 5 aliphatic rings. The van der Waals surface area contributed by atoms with Crippen molar-refractivity contribution < 1.29 is 9.59 Å². The summed E-state index contributed by atoms with van der Waals surface area (Å²) < 4.78 is 0. The highest BCUT2D eigenvalue weighted by molar-refractivity contribution is 6.18. The van der Waals surface area contributed by atoms with Gasteiger partial charge in [-0.1, -0.05) is 159 Å². The zero-order valence-corrected chi connectivity index (χ0v) is 24.5. The first kappa shape index (κ1) is 26.1. The maximum absolute atomic E-state index is 15.5. The molecule has 210 valence electrons. The first-order valence-electron chi connectivity index (χ1n) is 15.4. The Kier molecular flexibility index (Phi) is 5.44. The molecule has 0 saturated heterocycles. The maximum atomic E-state index is 15.5. The van der Waals surface area contributed by atoms with E-state index in [0.29, 0.717) is 0 Å². The summed E-state index contributed by atoms with van der Waals surface area (Å²) in [6, 6.07) is 52.0. The predicted octanol–water partition coefficient (Wildman–Crippen LogP) is 7.85. The molecule has 2 heteroatoms. The van der Waals surface area contributed by atoms with E-state index >= 15 is 4.79 Å². The van der Waals surface area contributed by atoms with Crippen LogP contribution in [-0.4, -0.2) is 11.6 Å². The second kappa shape index (κ2) is 8.97. The Morgan fingerprint density at radius 2 is 0.930 bits per heavy atom. The van der Waals surface area contributed by atoms with Gasteiger partial charge < -0.3 is 0 Å². The van der Waals surface area contributed by atoms with E-state index in [0.717, 1.165) is 22.3 Å². The third-order valence-corrected chi connectivity index (χ3v) is 11.5. The highest BCUT2D eigenvalue weighted by atomic mass is 16.1. The van der Waals surface area contributed by atoms with Gasteiger partial charge in [0, 0.05) is 22.7 Å². The van der Waals surface area contributed by atoms with Crippen molar-refractivity contribution >= 4 is 11.6 Å². The van der Waals surface area contributed by atoms with Crippen LogP contribution in [-0.2, 0) is 31.2 Å². The molecule has 0 amide bonds. The molecular weight excluding hydrogens is 524 g/mol. The molecule has 0 heterocycles. The standard InChI is InChI=1S/C35H28O2.C6H6/c1-22-28(36)30-32(2)26-20-12-13-21-27(26)33(23-14-6-3-7-15-23)29(22)34(30,24-16-8-4-9-17-24)35(33,31(32)37)25-18-10-5-11-19-25;1-2-4-6-5-3-1/h3-22,29-30H,1-2H3;1-6H/t22-,29-,30+,32-,33+,34+,35+;/m0./s1. The second-order valence-electron chi connectivity index (χ2n) is 12.9. The number of hydrogen-bond acceptors (Lipinski definition) is 2. The minimum Gasteiger partial charge on any atom is -0.299 e. The molecule has 0 spiro atoms. The highest BCUT2D eigenvalue weighted by Crippen LogP contribution is 2.90. The maximum Gasteiger partial charge on any atom is 0.156 e. The van der Waals surface area contributed by atoms with Gasteiger partial charge in [0.2, 0.25) is 0 Å². The van der Waals surface area contributed by atoms with Gasteiger partial charge in [-0.15, -0.1) is 0 Å². The van der Waals surface area contributed by atoms with E-state index in [1.807, 2.05) is 60.7 Å². The summed E-state index contributed by atoms with van der Waals surface area (Å²) in [5.74, 6) is -0.149. The smallest absolute Gasteiger partial charge is 0.156 e. The molecule has 2 nitrogen and oxygen atoms in total. The number of Topliss-reactive ketones (excluding diaryl/α,β-unsaturated/α-hetero) is 2. The highest BCUT2D eigenvalue weighted by Gasteiger charge is 2.98. The second-order valence-corrected chi connectivity index (χ2v) is 12.9. The van der Waals surface area contributed by atoms with Crippen molar-refractivity contribution in [3.05, 3.63) is 179 Å². The van der Waals surface area contributed by atoms with Crippen molar-refractivity contribution in [1.29, 1.82) is 0 Å². The third-order valence-electron chi connectivity index (χ3n) is 11.5. The van der Waals surface area contributed by atoms with Crippen molar-refractivity contribution in [2.45, 2.75) is 35.5 Å². The van der Waals surface area contributed by atoms with Gasteiger partial charge in [0.25, 0.3) is 0 Å². The summed E-state index contributed by atoms with van der Waals surface area (Å²) in [5, 5.41) is 0. The van der Waals surface area contributed by atoms with Gasteiger partial charge in [-0.2, -0.15) is 0 Å². The van der Waals surface area contributed by atoms with Crippen molar-refractivity contribution in [1.82, 2.24) is 0 Å². The van der Waals surface area contributed by atoms with Gasteiger partial charge in [-0.25, -0.2) is 0 Å². The quantitative estimate of drug-likeness (QED) is 0.226.